The third kappa shape index (κ3) is 5.29. The van der Waals surface area contributed by atoms with Crippen molar-refractivity contribution in [2.75, 3.05) is 5.32 Å². The number of hydrogen-bond donors (Lipinski definition) is 2. The first-order valence-corrected chi connectivity index (χ1v) is 6.61. The molecular formula is C11H21ClN4OS. The normalized spacial score (nSPS) is 12.4. The highest BCUT2D eigenvalue weighted by molar-refractivity contribution is 7.15. The van der Waals surface area contributed by atoms with E-state index in [1.54, 1.807) is 0 Å². The molecule has 0 saturated carbocycles. The van der Waals surface area contributed by atoms with E-state index in [4.69, 9.17) is 5.73 Å². The summed E-state index contributed by atoms with van der Waals surface area (Å²) in [6, 6.07) is -0.485. The molecule has 1 aromatic rings. The smallest absolute Gasteiger partial charge is 0.243 e. The predicted molar refractivity (Wildman–Crippen MR) is 77.3 cm³/mol. The summed E-state index contributed by atoms with van der Waals surface area (Å²) >= 11 is 1.40. The second-order valence-electron chi connectivity index (χ2n) is 4.83. The van der Waals surface area contributed by atoms with Crippen LogP contribution in [0.5, 0.6) is 0 Å². The Kier molecular flexibility index (Phi) is 7.35. The van der Waals surface area contributed by atoms with Crippen molar-refractivity contribution in [3.63, 3.8) is 0 Å². The molecule has 1 rings (SSSR count). The molecule has 0 fully saturated rings. The van der Waals surface area contributed by atoms with Gasteiger partial charge in [0.2, 0.25) is 11.0 Å². The van der Waals surface area contributed by atoms with E-state index in [0.717, 1.165) is 5.01 Å². The minimum absolute atomic E-state index is 0. The molecule has 0 aliphatic heterocycles. The number of nitrogens with two attached hydrogens (primary N) is 1. The first kappa shape index (κ1) is 17.3. The van der Waals surface area contributed by atoms with Crippen molar-refractivity contribution in [1.29, 1.82) is 0 Å². The SMILES string of the molecule is CC(C)C[C@H](N)C(=O)Nc1nnc(C(C)C)s1.Cl. The molecule has 1 amide bonds. The van der Waals surface area contributed by atoms with Crippen molar-refractivity contribution in [1.82, 2.24) is 10.2 Å². The zero-order chi connectivity index (χ0) is 13.0. The lowest BCUT2D eigenvalue weighted by Crippen LogP contribution is -2.36. The summed E-state index contributed by atoms with van der Waals surface area (Å²) in [7, 11) is 0. The van der Waals surface area contributed by atoms with E-state index < -0.39 is 6.04 Å². The molecule has 3 N–H and O–H groups in total. The molecule has 1 aromatic heterocycles. The van der Waals surface area contributed by atoms with Crippen LogP contribution in [-0.2, 0) is 4.79 Å². The summed E-state index contributed by atoms with van der Waals surface area (Å²) in [4.78, 5) is 11.7. The van der Waals surface area contributed by atoms with Crippen LogP contribution in [0.25, 0.3) is 0 Å². The number of rotatable bonds is 5. The van der Waals surface area contributed by atoms with Crippen LogP contribution in [-0.4, -0.2) is 22.1 Å². The number of nitrogens with zero attached hydrogens (tertiary/aromatic N) is 2. The molecule has 0 saturated heterocycles. The number of amides is 1. The lowest BCUT2D eigenvalue weighted by atomic mass is 10.0. The molecule has 0 radical (unpaired) electrons. The molecule has 0 bridgehead atoms. The third-order valence-electron chi connectivity index (χ3n) is 2.23. The fourth-order valence-electron chi connectivity index (χ4n) is 1.33. The van der Waals surface area contributed by atoms with Gasteiger partial charge >= 0.3 is 0 Å². The van der Waals surface area contributed by atoms with E-state index in [1.165, 1.54) is 11.3 Å². The van der Waals surface area contributed by atoms with Gasteiger partial charge in [0.1, 0.15) is 5.01 Å². The van der Waals surface area contributed by atoms with E-state index in [1.807, 2.05) is 27.7 Å². The fraction of sp³-hybridized carbons (Fsp3) is 0.727. The zero-order valence-electron chi connectivity index (χ0n) is 11.1. The number of halogens is 1. The average Bonchev–Trinajstić information content (AvgIpc) is 2.65. The Morgan fingerprint density at radius 2 is 1.94 bits per heavy atom. The monoisotopic (exact) mass is 292 g/mol. The molecule has 1 atom stereocenters. The Labute approximate surface area is 118 Å². The summed E-state index contributed by atoms with van der Waals surface area (Å²) in [6.45, 7) is 8.15. The summed E-state index contributed by atoms with van der Waals surface area (Å²) < 4.78 is 0. The summed E-state index contributed by atoms with van der Waals surface area (Å²) in [6.07, 6.45) is 0.668. The van der Waals surface area contributed by atoms with Crippen molar-refractivity contribution >= 4 is 34.8 Å². The highest BCUT2D eigenvalue weighted by Crippen LogP contribution is 2.22. The highest BCUT2D eigenvalue weighted by atomic mass is 35.5. The van der Waals surface area contributed by atoms with Gasteiger partial charge in [-0.2, -0.15) is 0 Å². The van der Waals surface area contributed by atoms with Crippen molar-refractivity contribution in [3.05, 3.63) is 5.01 Å². The van der Waals surface area contributed by atoms with Crippen molar-refractivity contribution in [2.24, 2.45) is 11.7 Å². The Hall–Kier alpha value is -0.720. The average molecular weight is 293 g/mol. The highest BCUT2D eigenvalue weighted by Gasteiger charge is 2.17. The molecule has 0 unspecified atom stereocenters. The molecule has 7 heteroatoms. The molecule has 0 aliphatic carbocycles. The summed E-state index contributed by atoms with van der Waals surface area (Å²) in [5.74, 6) is 0.532. The Morgan fingerprint density at radius 1 is 1.33 bits per heavy atom. The van der Waals surface area contributed by atoms with Gasteiger partial charge in [0, 0.05) is 5.92 Å². The number of aromatic nitrogens is 2. The van der Waals surface area contributed by atoms with Crippen LogP contribution < -0.4 is 11.1 Å². The topological polar surface area (TPSA) is 80.9 Å². The molecule has 0 aliphatic rings. The van der Waals surface area contributed by atoms with Crippen molar-refractivity contribution < 1.29 is 4.79 Å². The van der Waals surface area contributed by atoms with E-state index in [0.29, 0.717) is 23.4 Å². The largest absolute Gasteiger partial charge is 0.320 e. The van der Waals surface area contributed by atoms with Gasteiger partial charge in [-0.25, -0.2) is 0 Å². The van der Waals surface area contributed by atoms with E-state index >= 15 is 0 Å². The van der Waals surface area contributed by atoms with Gasteiger partial charge in [-0.3, -0.25) is 10.1 Å². The molecule has 18 heavy (non-hydrogen) atoms. The number of nitrogens with one attached hydrogen (secondary N) is 1. The van der Waals surface area contributed by atoms with Crippen LogP contribution in [0.1, 0.15) is 45.0 Å². The Morgan fingerprint density at radius 3 is 2.39 bits per heavy atom. The van der Waals surface area contributed by atoms with Gasteiger partial charge in [-0.05, 0) is 12.3 Å². The number of carbonyl (C=O) groups excluding carboxylic acids is 1. The Bertz CT molecular complexity index is 381. The van der Waals surface area contributed by atoms with Crippen LogP contribution in [0.4, 0.5) is 5.13 Å². The van der Waals surface area contributed by atoms with Crippen molar-refractivity contribution in [3.8, 4) is 0 Å². The quantitative estimate of drug-likeness (QED) is 0.873. The van der Waals surface area contributed by atoms with Gasteiger partial charge in [0.25, 0.3) is 0 Å². The minimum Gasteiger partial charge on any atom is -0.320 e. The maximum Gasteiger partial charge on any atom is 0.243 e. The van der Waals surface area contributed by atoms with Gasteiger partial charge in [-0.15, -0.1) is 22.6 Å². The molecule has 1 heterocycles. The number of carbonyl (C=O) groups is 1. The van der Waals surface area contributed by atoms with Gasteiger partial charge in [0.05, 0.1) is 6.04 Å². The molecule has 5 nitrogen and oxygen atoms in total. The number of anilines is 1. The van der Waals surface area contributed by atoms with Crippen LogP contribution in [0.3, 0.4) is 0 Å². The van der Waals surface area contributed by atoms with Crippen LogP contribution >= 0.6 is 23.7 Å². The predicted octanol–water partition coefficient (Wildman–Crippen LogP) is 2.40. The zero-order valence-corrected chi connectivity index (χ0v) is 12.8. The van der Waals surface area contributed by atoms with Crippen LogP contribution in [0, 0.1) is 5.92 Å². The van der Waals surface area contributed by atoms with Gasteiger partial charge in [0.15, 0.2) is 0 Å². The lowest BCUT2D eigenvalue weighted by Gasteiger charge is -2.12. The summed E-state index contributed by atoms with van der Waals surface area (Å²) in [5.41, 5.74) is 5.78. The molecular weight excluding hydrogens is 272 g/mol. The maximum absolute atomic E-state index is 11.7. The molecule has 104 valence electrons. The van der Waals surface area contributed by atoms with E-state index in [-0.39, 0.29) is 18.3 Å². The van der Waals surface area contributed by atoms with Gasteiger partial charge in [-0.1, -0.05) is 39.0 Å². The summed E-state index contributed by atoms with van der Waals surface area (Å²) in [5, 5.41) is 12.1. The third-order valence-corrected chi connectivity index (χ3v) is 3.37. The Balaban J connectivity index is 0.00000289. The van der Waals surface area contributed by atoms with Crippen molar-refractivity contribution in [2.45, 2.75) is 46.1 Å². The first-order chi connectivity index (χ1) is 7.90. The fourth-order valence-corrected chi connectivity index (χ4v) is 2.08. The number of hydrogen-bond acceptors (Lipinski definition) is 5. The van der Waals surface area contributed by atoms with E-state index in [2.05, 4.69) is 15.5 Å². The molecule has 0 spiro atoms. The second-order valence-corrected chi connectivity index (χ2v) is 5.83. The first-order valence-electron chi connectivity index (χ1n) is 5.80. The minimum atomic E-state index is -0.485. The van der Waals surface area contributed by atoms with Crippen LogP contribution in [0.2, 0.25) is 0 Å². The second kappa shape index (κ2) is 7.66. The standard InChI is InChI=1S/C11H20N4OS.ClH/c1-6(2)5-8(12)9(16)13-11-15-14-10(17-11)7(3)4;/h6-8H,5,12H2,1-4H3,(H,13,15,16);1H/t8-;/m0./s1. The van der Waals surface area contributed by atoms with Crippen LogP contribution in [0.15, 0.2) is 0 Å². The van der Waals surface area contributed by atoms with E-state index in [9.17, 15) is 4.79 Å². The lowest BCUT2D eigenvalue weighted by molar-refractivity contribution is -0.117. The van der Waals surface area contributed by atoms with Gasteiger partial charge < -0.3 is 5.73 Å². The molecule has 0 aromatic carbocycles. The maximum atomic E-state index is 11.7.